The van der Waals surface area contributed by atoms with E-state index in [-0.39, 0.29) is 11.4 Å². The van der Waals surface area contributed by atoms with Gasteiger partial charge in [0.05, 0.1) is 7.11 Å². The lowest BCUT2D eigenvalue weighted by atomic mass is 10.1. The van der Waals surface area contributed by atoms with Gasteiger partial charge in [0.15, 0.2) is 6.10 Å². The molecule has 25 heavy (non-hydrogen) atoms. The Hall–Kier alpha value is -2.89. The minimum atomic E-state index is -0.939. The van der Waals surface area contributed by atoms with Gasteiger partial charge in [0.25, 0.3) is 5.91 Å². The Labute approximate surface area is 145 Å². The molecule has 2 aromatic carbocycles. The molecule has 0 spiro atoms. The van der Waals surface area contributed by atoms with E-state index in [0.717, 1.165) is 5.56 Å². The van der Waals surface area contributed by atoms with Crippen molar-refractivity contribution in [1.82, 2.24) is 5.32 Å². The van der Waals surface area contributed by atoms with Crippen LogP contribution >= 0.6 is 0 Å². The number of methoxy groups -OCH3 is 1. The second-order valence-electron chi connectivity index (χ2n) is 5.42. The Balaban J connectivity index is 1.83. The van der Waals surface area contributed by atoms with Crippen LogP contribution in [0.2, 0.25) is 0 Å². The first-order valence-electron chi connectivity index (χ1n) is 7.87. The van der Waals surface area contributed by atoms with Crippen LogP contribution in [-0.4, -0.2) is 31.6 Å². The number of rotatable bonds is 7. The van der Waals surface area contributed by atoms with E-state index in [1.54, 1.807) is 36.4 Å². The second-order valence-corrected chi connectivity index (χ2v) is 5.42. The molecule has 0 saturated carbocycles. The molecule has 0 saturated heterocycles. The lowest BCUT2D eigenvalue weighted by Gasteiger charge is -2.14. The van der Waals surface area contributed by atoms with Crippen LogP contribution in [0.3, 0.4) is 0 Å². The molecule has 0 aliphatic heterocycles. The summed E-state index contributed by atoms with van der Waals surface area (Å²) in [4.78, 5) is 24.2. The first-order chi connectivity index (χ1) is 12.0. The molecule has 6 heteroatoms. The third-order valence-corrected chi connectivity index (χ3v) is 3.61. The van der Waals surface area contributed by atoms with Gasteiger partial charge >= 0.3 is 5.97 Å². The summed E-state index contributed by atoms with van der Waals surface area (Å²) in [6.07, 6.45) is -0.384. The van der Waals surface area contributed by atoms with Crippen molar-refractivity contribution in [3.05, 3.63) is 65.5 Å². The van der Waals surface area contributed by atoms with E-state index in [4.69, 9.17) is 9.47 Å². The zero-order chi connectivity index (χ0) is 18.2. The lowest BCUT2D eigenvalue weighted by molar-refractivity contribution is -0.129. The highest BCUT2D eigenvalue weighted by atomic mass is 19.1. The third kappa shape index (κ3) is 5.31. The Morgan fingerprint density at radius 3 is 2.48 bits per heavy atom. The highest BCUT2D eigenvalue weighted by molar-refractivity contribution is 5.94. The first kappa shape index (κ1) is 18.4. The molecule has 0 radical (unpaired) electrons. The summed E-state index contributed by atoms with van der Waals surface area (Å²) in [5.41, 5.74) is 1.16. The van der Waals surface area contributed by atoms with Gasteiger partial charge in [-0.15, -0.1) is 0 Å². The average molecular weight is 345 g/mol. The molecular weight excluding hydrogens is 325 g/mol. The van der Waals surface area contributed by atoms with Gasteiger partial charge in [-0.05, 0) is 43.2 Å². The monoisotopic (exact) mass is 345 g/mol. The summed E-state index contributed by atoms with van der Waals surface area (Å²) in [6.45, 7) is 1.86. The van der Waals surface area contributed by atoms with E-state index in [9.17, 15) is 14.0 Å². The Kier molecular flexibility index (Phi) is 6.51. The molecule has 0 aliphatic carbocycles. The van der Waals surface area contributed by atoms with E-state index in [0.29, 0.717) is 18.7 Å². The summed E-state index contributed by atoms with van der Waals surface area (Å²) >= 11 is 0. The van der Waals surface area contributed by atoms with E-state index < -0.39 is 18.0 Å². The number of nitrogens with one attached hydrogen (secondary N) is 1. The van der Waals surface area contributed by atoms with Crippen molar-refractivity contribution < 1.29 is 23.5 Å². The summed E-state index contributed by atoms with van der Waals surface area (Å²) in [6, 6.07) is 12.7. The lowest BCUT2D eigenvalue weighted by Crippen LogP contribution is -2.37. The van der Waals surface area contributed by atoms with E-state index in [1.807, 2.05) is 0 Å². The fourth-order valence-corrected chi connectivity index (χ4v) is 2.22. The SMILES string of the molecule is COc1ccccc1C(=O)O[C@H](C)C(=O)NCCc1ccc(F)cc1. The van der Waals surface area contributed by atoms with Crippen LogP contribution in [0.5, 0.6) is 5.75 Å². The van der Waals surface area contributed by atoms with Crippen LogP contribution < -0.4 is 10.1 Å². The predicted octanol–water partition coefficient (Wildman–Crippen LogP) is 2.74. The van der Waals surface area contributed by atoms with Gasteiger partial charge in [-0.25, -0.2) is 9.18 Å². The van der Waals surface area contributed by atoms with E-state index in [2.05, 4.69) is 5.32 Å². The predicted molar refractivity (Wildman–Crippen MR) is 91.0 cm³/mol. The first-order valence-corrected chi connectivity index (χ1v) is 7.87. The van der Waals surface area contributed by atoms with Crippen molar-refractivity contribution in [3.8, 4) is 5.75 Å². The maximum atomic E-state index is 12.8. The Morgan fingerprint density at radius 2 is 1.80 bits per heavy atom. The van der Waals surface area contributed by atoms with Crippen LogP contribution in [-0.2, 0) is 16.0 Å². The van der Waals surface area contributed by atoms with Crippen molar-refractivity contribution in [2.24, 2.45) is 0 Å². The largest absolute Gasteiger partial charge is 0.496 e. The molecular formula is C19H20FNO4. The Bertz CT molecular complexity index is 730. The number of amides is 1. The minimum Gasteiger partial charge on any atom is -0.496 e. The molecule has 1 amide bonds. The second kappa shape index (κ2) is 8.82. The fourth-order valence-electron chi connectivity index (χ4n) is 2.22. The number of para-hydroxylation sites is 1. The number of ether oxygens (including phenoxy) is 2. The van der Waals surface area contributed by atoms with Crippen molar-refractivity contribution in [1.29, 1.82) is 0 Å². The standard InChI is InChI=1S/C19H20FNO4/c1-13(25-19(23)16-5-3-4-6-17(16)24-2)18(22)21-12-11-14-7-9-15(20)10-8-14/h3-10,13H,11-12H2,1-2H3,(H,21,22)/t13-/m1/s1. The zero-order valence-corrected chi connectivity index (χ0v) is 14.1. The highest BCUT2D eigenvalue weighted by Gasteiger charge is 2.20. The van der Waals surface area contributed by atoms with Crippen molar-refractivity contribution in [3.63, 3.8) is 0 Å². The van der Waals surface area contributed by atoms with Gasteiger partial charge in [0, 0.05) is 6.54 Å². The fraction of sp³-hybridized carbons (Fsp3) is 0.263. The molecule has 132 valence electrons. The molecule has 1 atom stereocenters. The molecule has 2 aromatic rings. The van der Waals surface area contributed by atoms with Crippen molar-refractivity contribution in [2.75, 3.05) is 13.7 Å². The van der Waals surface area contributed by atoms with Gasteiger partial charge < -0.3 is 14.8 Å². The quantitative estimate of drug-likeness (QED) is 0.784. The van der Waals surface area contributed by atoms with Crippen molar-refractivity contribution >= 4 is 11.9 Å². The molecule has 1 N–H and O–H groups in total. The van der Waals surface area contributed by atoms with E-state index >= 15 is 0 Å². The number of hydrogen-bond donors (Lipinski definition) is 1. The molecule has 2 rings (SSSR count). The number of esters is 1. The number of halogens is 1. The molecule has 0 aliphatic rings. The maximum Gasteiger partial charge on any atom is 0.342 e. The molecule has 0 unspecified atom stereocenters. The van der Waals surface area contributed by atoms with Crippen LogP contribution in [0.25, 0.3) is 0 Å². The van der Waals surface area contributed by atoms with Crippen LogP contribution in [0.15, 0.2) is 48.5 Å². The summed E-state index contributed by atoms with van der Waals surface area (Å²) in [7, 11) is 1.46. The third-order valence-electron chi connectivity index (χ3n) is 3.61. The average Bonchev–Trinajstić information content (AvgIpc) is 2.63. The minimum absolute atomic E-state index is 0.260. The highest BCUT2D eigenvalue weighted by Crippen LogP contribution is 2.18. The number of benzene rings is 2. The van der Waals surface area contributed by atoms with Gasteiger partial charge in [0.1, 0.15) is 17.1 Å². The molecule has 0 heterocycles. The summed E-state index contributed by atoms with van der Waals surface area (Å²) in [5, 5.41) is 2.69. The molecule has 5 nitrogen and oxygen atoms in total. The normalized spacial score (nSPS) is 11.5. The summed E-state index contributed by atoms with van der Waals surface area (Å²) < 4.78 is 23.1. The van der Waals surface area contributed by atoms with Gasteiger partial charge in [-0.1, -0.05) is 24.3 Å². The van der Waals surface area contributed by atoms with Gasteiger partial charge in [0.2, 0.25) is 0 Å². The van der Waals surface area contributed by atoms with E-state index in [1.165, 1.54) is 26.2 Å². The molecule has 0 bridgehead atoms. The van der Waals surface area contributed by atoms with Crippen LogP contribution in [0.4, 0.5) is 4.39 Å². The van der Waals surface area contributed by atoms with Gasteiger partial charge in [-0.2, -0.15) is 0 Å². The summed E-state index contributed by atoms with van der Waals surface area (Å²) in [5.74, 6) is -0.940. The van der Waals surface area contributed by atoms with Crippen LogP contribution in [0, 0.1) is 5.82 Å². The maximum absolute atomic E-state index is 12.8. The Morgan fingerprint density at radius 1 is 1.12 bits per heavy atom. The van der Waals surface area contributed by atoms with Gasteiger partial charge in [-0.3, -0.25) is 4.79 Å². The molecule has 0 aromatic heterocycles. The number of carbonyl (C=O) groups excluding carboxylic acids is 2. The zero-order valence-electron chi connectivity index (χ0n) is 14.1. The van der Waals surface area contributed by atoms with Crippen molar-refractivity contribution in [2.45, 2.75) is 19.4 Å². The molecule has 0 fully saturated rings. The number of hydrogen-bond acceptors (Lipinski definition) is 4. The topological polar surface area (TPSA) is 64.6 Å². The smallest absolute Gasteiger partial charge is 0.342 e. The number of carbonyl (C=O) groups is 2. The van der Waals surface area contributed by atoms with Crippen LogP contribution in [0.1, 0.15) is 22.8 Å².